The van der Waals surface area contributed by atoms with Gasteiger partial charge in [0.05, 0.1) is 10.7 Å². The van der Waals surface area contributed by atoms with E-state index in [1.54, 1.807) is 12.4 Å². The third kappa shape index (κ3) is 1.95. The highest BCUT2D eigenvalue weighted by Gasteiger charge is 2.05. The van der Waals surface area contributed by atoms with Crippen LogP contribution in [-0.4, -0.2) is 4.98 Å². The van der Waals surface area contributed by atoms with Crippen molar-refractivity contribution < 1.29 is 0 Å². The molecule has 0 spiro atoms. The Morgan fingerprint density at radius 2 is 2.07 bits per heavy atom. The third-order valence-electron chi connectivity index (χ3n) is 2.27. The van der Waals surface area contributed by atoms with E-state index < -0.39 is 0 Å². The minimum atomic E-state index is 0.494. The molecular formula is C12H11ClN2. The molecule has 1 aromatic heterocycles. The van der Waals surface area contributed by atoms with Crippen LogP contribution in [0.3, 0.4) is 0 Å². The summed E-state index contributed by atoms with van der Waals surface area (Å²) in [5.41, 5.74) is 9.59. The summed E-state index contributed by atoms with van der Waals surface area (Å²) in [6.07, 6.45) is 3.28. The Morgan fingerprint density at radius 3 is 2.80 bits per heavy atom. The Bertz CT molecular complexity index is 495. The largest absolute Gasteiger partial charge is 0.397 e. The van der Waals surface area contributed by atoms with Crippen LogP contribution in [0.4, 0.5) is 5.69 Å². The highest BCUT2D eigenvalue weighted by Crippen LogP contribution is 2.30. The molecule has 0 fully saturated rings. The summed E-state index contributed by atoms with van der Waals surface area (Å²) in [4.78, 5) is 4.04. The van der Waals surface area contributed by atoms with E-state index in [1.165, 1.54) is 5.56 Å². The fourth-order valence-electron chi connectivity index (χ4n) is 1.49. The van der Waals surface area contributed by atoms with Gasteiger partial charge < -0.3 is 5.73 Å². The maximum Gasteiger partial charge on any atom is 0.0824 e. The first-order chi connectivity index (χ1) is 7.18. The van der Waals surface area contributed by atoms with Gasteiger partial charge >= 0.3 is 0 Å². The molecule has 0 saturated heterocycles. The number of benzene rings is 1. The molecule has 0 amide bonds. The Kier molecular flexibility index (Phi) is 2.60. The van der Waals surface area contributed by atoms with Gasteiger partial charge in [0, 0.05) is 18.0 Å². The Balaban J connectivity index is 2.59. The van der Waals surface area contributed by atoms with Crippen molar-refractivity contribution in [2.45, 2.75) is 6.92 Å². The summed E-state index contributed by atoms with van der Waals surface area (Å²) in [5.74, 6) is 0. The lowest BCUT2D eigenvalue weighted by molar-refractivity contribution is 1.33. The van der Waals surface area contributed by atoms with E-state index in [1.807, 2.05) is 25.1 Å². The molecule has 0 aliphatic carbocycles. The van der Waals surface area contributed by atoms with Crippen molar-refractivity contribution in [3.63, 3.8) is 0 Å². The van der Waals surface area contributed by atoms with Gasteiger partial charge in [0.1, 0.15) is 0 Å². The molecule has 0 aliphatic heterocycles. The number of nitrogens with two attached hydrogens (primary N) is 1. The van der Waals surface area contributed by atoms with Crippen LogP contribution in [0, 0.1) is 6.92 Å². The van der Waals surface area contributed by atoms with Crippen molar-refractivity contribution in [2.75, 3.05) is 5.73 Å². The third-order valence-corrected chi connectivity index (χ3v) is 2.57. The fraction of sp³-hybridized carbons (Fsp3) is 0.0833. The van der Waals surface area contributed by atoms with Crippen molar-refractivity contribution in [3.8, 4) is 11.1 Å². The lowest BCUT2D eigenvalue weighted by atomic mass is 10.0. The SMILES string of the molecule is Cc1cccc(-c2cncc(Cl)c2N)c1. The molecule has 0 unspecified atom stereocenters. The second kappa shape index (κ2) is 3.91. The van der Waals surface area contributed by atoms with Crippen LogP contribution in [0.1, 0.15) is 5.56 Å². The van der Waals surface area contributed by atoms with Crippen LogP contribution in [0.25, 0.3) is 11.1 Å². The molecule has 3 heteroatoms. The number of aryl methyl sites for hydroxylation is 1. The number of aromatic nitrogens is 1. The van der Waals surface area contributed by atoms with Crippen LogP contribution >= 0.6 is 11.6 Å². The highest BCUT2D eigenvalue weighted by molar-refractivity contribution is 6.33. The summed E-state index contributed by atoms with van der Waals surface area (Å²) < 4.78 is 0. The average molecular weight is 219 g/mol. The molecule has 0 aliphatic rings. The quantitative estimate of drug-likeness (QED) is 0.798. The molecule has 76 valence electrons. The first-order valence-electron chi connectivity index (χ1n) is 4.64. The summed E-state index contributed by atoms with van der Waals surface area (Å²) in [6, 6.07) is 8.09. The lowest BCUT2D eigenvalue weighted by Crippen LogP contribution is -1.92. The van der Waals surface area contributed by atoms with Crippen molar-refractivity contribution in [3.05, 3.63) is 47.2 Å². The number of nitrogen functional groups attached to an aromatic ring is 1. The zero-order valence-corrected chi connectivity index (χ0v) is 9.12. The van der Waals surface area contributed by atoms with Crippen molar-refractivity contribution in [2.24, 2.45) is 0 Å². The highest BCUT2D eigenvalue weighted by atomic mass is 35.5. The molecule has 1 aromatic carbocycles. The minimum Gasteiger partial charge on any atom is -0.397 e. The molecule has 2 N–H and O–H groups in total. The maximum atomic E-state index is 5.92. The van der Waals surface area contributed by atoms with Crippen LogP contribution < -0.4 is 5.73 Å². The number of nitrogens with zero attached hydrogens (tertiary/aromatic N) is 1. The monoisotopic (exact) mass is 218 g/mol. The maximum absolute atomic E-state index is 5.92. The minimum absolute atomic E-state index is 0.494. The second-order valence-electron chi connectivity index (χ2n) is 3.45. The number of hydrogen-bond acceptors (Lipinski definition) is 2. The normalized spacial score (nSPS) is 10.3. The van der Waals surface area contributed by atoms with E-state index in [2.05, 4.69) is 11.1 Å². The Hall–Kier alpha value is -1.54. The van der Waals surface area contributed by atoms with Gasteiger partial charge in [-0.05, 0) is 12.5 Å². The van der Waals surface area contributed by atoms with Gasteiger partial charge in [0.2, 0.25) is 0 Å². The average Bonchev–Trinajstić information content (AvgIpc) is 2.22. The summed E-state index contributed by atoms with van der Waals surface area (Å²) in [6.45, 7) is 2.04. The lowest BCUT2D eigenvalue weighted by Gasteiger charge is -2.07. The van der Waals surface area contributed by atoms with E-state index >= 15 is 0 Å². The molecule has 1 heterocycles. The van der Waals surface area contributed by atoms with Crippen molar-refractivity contribution >= 4 is 17.3 Å². The molecule has 15 heavy (non-hydrogen) atoms. The number of hydrogen-bond donors (Lipinski definition) is 1. The van der Waals surface area contributed by atoms with Crippen LogP contribution in [0.5, 0.6) is 0 Å². The van der Waals surface area contributed by atoms with Crippen LogP contribution in [0.15, 0.2) is 36.7 Å². The first-order valence-corrected chi connectivity index (χ1v) is 5.02. The van der Waals surface area contributed by atoms with Gasteiger partial charge in [-0.1, -0.05) is 41.4 Å². The van der Waals surface area contributed by atoms with Crippen LogP contribution in [-0.2, 0) is 0 Å². The number of halogens is 1. The molecule has 0 atom stereocenters. The molecule has 0 bridgehead atoms. The smallest absolute Gasteiger partial charge is 0.0824 e. The van der Waals surface area contributed by atoms with E-state index in [9.17, 15) is 0 Å². The predicted octanol–water partition coefficient (Wildman–Crippen LogP) is 3.29. The zero-order valence-electron chi connectivity index (χ0n) is 8.37. The molecule has 2 nitrogen and oxygen atoms in total. The molecule has 0 radical (unpaired) electrons. The van der Waals surface area contributed by atoms with Crippen LogP contribution in [0.2, 0.25) is 5.02 Å². The molecule has 2 aromatic rings. The van der Waals surface area contributed by atoms with Gasteiger partial charge in [-0.15, -0.1) is 0 Å². The number of anilines is 1. The predicted molar refractivity (Wildman–Crippen MR) is 63.8 cm³/mol. The van der Waals surface area contributed by atoms with Crippen molar-refractivity contribution in [1.82, 2.24) is 4.98 Å². The Morgan fingerprint density at radius 1 is 1.27 bits per heavy atom. The molecule has 0 saturated carbocycles. The molecule has 2 rings (SSSR count). The summed E-state index contributed by atoms with van der Waals surface area (Å²) in [5, 5.41) is 0.494. The van der Waals surface area contributed by atoms with Gasteiger partial charge in [0.15, 0.2) is 0 Å². The second-order valence-corrected chi connectivity index (χ2v) is 3.86. The number of rotatable bonds is 1. The summed E-state index contributed by atoms with van der Waals surface area (Å²) in [7, 11) is 0. The molecular weight excluding hydrogens is 208 g/mol. The van der Waals surface area contributed by atoms with E-state index in [-0.39, 0.29) is 0 Å². The van der Waals surface area contributed by atoms with Gasteiger partial charge in [-0.3, -0.25) is 4.98 Å². The standard InChI is InChI=1S/C12H11ClN2/c1-8-3-2-4-9(5-8)10-6-15-7-11(13)12(10)14/h2-7H,1H3,(H2,14,15). The van der Waals surface area contributed by atoms with E-state index in [0.29, 0.717) is 10.7 Å². The van der Waals surface area contributed by atoms with Crippen molar-refractivity contribution in [1.29, 1.82) is 0 Å². The Labute approximate surface area is 93.7 Å². The summed E-state index contributed by atoms with van der Waals surface area (Å²) >= 11 is 5.92. The fourth-order valence-corrected chi connectivity index (χ4v) is 1.65. The van der Waals surface area contributed by atoms with Gasteiger partial charge in [-0.25, -0.2) is 0 Å². The topological polar surface area (TPSA) is 38.9 Å². The van der Waals surface area contributed by atoms with Gasteiger partial charge in [-0.2, -0.15) is 0 Å². The zero-order chi connectivity index (χ0) is 10.8. The van der Waals surface area contributed by atoms with E-state index in [0.717, 1.165) is 11.1 Å². The number of pyridine rings is 1. The van der Waals surface area contributed by atoms with E-state index in [4.69, 9.17) is 17.3 Å². The van der Waals surface area contributed by atoms with Gasteiger partial charge in [0.25, 0.3) is 0 Å². The first kappa shape index (κ1) is 9.99.